The van der Waals surface area contributed by atoms with Crippen LogP contribution in [-0.4, -0.2) is 35.1 Å². The number of H-pyrrole nitrogens is 1. The molecule has 0 radical (unpaired) electrons. The van der Waals surface area contributed by atoms with Crippen molar-refractivity contribution in [3.8, 4) is 5.75 Å². The minimum Gasteiger partial charge on any atom is -0.497 e. The molecule has 0 aliphatic rings. The van der Waals surface area contributed by atoms with Crippen LogP contribution in [0.2, 0.25) is 0 Å². The lowest BCUT2D eigenvalue weighted by Gasteiger charge is -2.12. The molecule has 2 aromatic carbocycles. The van der Waals surface area contributed by atoms with Crippen LogP contribution in [0.25, 0.3) is 0 Å². The summed E-state index contributed by atoms with van der Waals surface area (Å²) < 4.78 is 5.17. The number of benzene rings is 2. The summed E-state index contributed by atoms with van der Waals surface area (Å²) in [5.41, 5.74) is 2.12. The fourth-order valence-corrected chi connectivity index (χ4v) is 3.54. The number of carbonyl (C=O) groups is 2. The Kier molecular flexibility index (Phi) is 7.67. The molecule has 3 aromatic rings. The van der Waals surface area contributed by atoms with Crippen LogP contribution in [0.5, 0.6) is 5.75 Å². The van der Waals surface area contributed by atoms with Gasteiger partial charge in [0.15, 0.2) is 5.16 Å². The molecule has 166 valence electrons. The SMILES string of the molecule is COc1cccc(NC(=O)c2ccccc2NC(=O)CCc2c(C)nc(SC)[nH]c2=O)c1. The number of anilines is 2. The van der Waals surface area contributed by atoms with E-state index in [9.17, 15) is 14.4 Å². The Balaban J connectivity index is 1.68. The average Bonchev–Trinajstić information content (AvgIpc) is 2.78. The maximum absolute atomic E-state index is 12.8. The lowest BCUT2D eigenvalue weighted by Crippen LogP contribution is -2.21. The lowest BCUT2D eigenvalue weighted by atomic mass is 10.1. The van der Waals surface area contributed by atoms with Crippen molar-refractivity contribution in [1.29, 1.82) is 0 Å². The smallest absolute Gasteiger partial charge is 0.257 e. The third-order valence-electron chi connectivity index (χ3n) is 4.77. The first-order chi connectivity index (χ1) is 15.4. The van der Waals surface area contributed by atoms with E-state index in [1.807, 2.05) is 6.26 Å². The molecule has 3 N–H and O–H groups in total. The van der Waals surface area contributed by atoms with Crippen LogP contribution in [0.15, 0.2) is 58.5 Å². The molecule has 0 atom stereocenters. The van der Waals surface area contributed by atoms with Crippen molar-refractivity contribution < 1.29 is 14.3 Å². The number of thioether (sulfide) groups is 1. The van der Waals surface area contributed by atoms with Crippen molar-refractivity contribution in [2.75, 3.05) is 24.0 Å². The number of carbonyl (C=O) groups excluding carboxylic acids is 2. The van der Waals surface area contributed by atoms with Gasteiger partial charge in [0.05, 0.1) is 18.4 Å². The Bertz CT molecular complexity index is 1190. The van der Waals surface area contributed by atoms with Gasteiger partial charge in [-0.3, -0.25) is 14.4 Å². The van der Waals surface area contributed by atoms with E-state index >= 15 is 0 Å². The second-order valence-electron chi connectivity index (χ2n) is 6.92. The van der Waals surface area contributed by atoms with E-state index in [2.05, 4.69) is 20.6 Å². The van der Waals surface area contributed by atoms with Crippen molar-refractivity contribution in [2.45, 2.75) is 24.9 Å². The van der Waals surface area contributed by atoms with Gasteiger partial charge in [-0.15, -0.1) is 0 Å². The first kappa shape index (κ1) is 23.1. The molecule has 0 aliphatic heterocycles. The molecule has 32 heavy (non-hydrogen) atoms. The number of nitrogens with zero attached hydrogens (tertiary/aromatic N) is 1. The maximum Gasteiger partial charge on any atom is 0.257 e. The topological polar surface area (TPSA) is 113 Å². The second-order valence-corrected chi connectivity index (χ2v) is 7.71. The number of para-hydroxylation sites is 1. The molecular formula is C23H24N4O4S. The third-order valence-corrected chi connectivity index (χ3v) is 5.35. The van der Waals surface area contributed by atoms with Gasteiger partial charge in [0.2, 0.25) is 5.91 Å². The van der Waals surface area contributed by atoms with Crippen molar-refractivity contribution in [1.82, 2.24) is 9.97 Å². The molecular weight excluding hydrogens is 428 g/mol. The molecule has 0 bridgehead atoms. The summed E-state index contributed by atoms with van der Waals surface area (Å²) in [6, 6.07) is 13.7. The van der Waals surface area contributed by atoms with Crippen LogP contribution in [0.4, 0.5) is 11.4 Å². The predicted octanol–water partition coefficient (Wildman–Crippen LogP) is 3.63. The van der Waals surface area contributed by atoms with Crippen LogP contribution in [0.3, 0.4) is 0 Å². The van der Waals surface area contributed by atoms with E-state index in [4.69, 9.17) is 4.74 Å². The van der Waals surface area contributed by atoms with Gasteiger partial charge in [0.25, 0.3) is 11.5 Å². The molecule has 0 aliphatic carbocycles. The summed E-state index contributed by atoms with van der Waals surface area (Å²) in [7, 11) is 1.55. The van der Waals surface area contributed by atoms with Crippen LogP contribution in [0, 0.1) is 6.92 Å². The van der Waals surface area contributed by atoms with Gasteiger partial charge < -0.3 is 20.4 Å². The van der Waals surface area contributed by atoms with E-state index in [0.29, 0.717) is 39.1 Å². The van der Waals surface area contributed by atoms with Crippen LogP contribution in [-0.2, 0) is 11.2 Å². The highest BCUT2D eigenvalue weighted by molar-refractivity contribution is 7.98. The van der Waals surface area contributed by atoms with Crippen LogP contribution >= 0.6 is 11.8 Å². The highest BCUT2D eigenvalue weighted by Crippen LogP contribution is 2.21. The number of amides is 2. The Labute approximate surface area is 189 Å². The van der Waals surface area contributed by atoms with E-state index in [-0.39, 0.29) is 30.2 Å². The number of ether oxygens (including phenoxy) is 1. The zero-order valence-electron chi connectivity index (χ0n) is 18.0. The highest BCUT2D eigenvalue weighted by atomic mass is 32.2. The number of rotatable bonds is 8. The molecule has 1 aromatic heterocycles. The van der Waals surface area contributed by atoms with Gasteiger partial charge in [0, 0.05) is 29.4 Å². The Morgan fingerprint density at radius 3 is 2.62 bits per heavy atom. The first-order valence-electron chi connectivity index (χ1n) is 9.89. The van der Waals surface area contributed by atoms with Gasteiger partial charge in [-0.1, -0.05) is 30.0 Å². The molecule has 2 amide bonds. The van der Waals surface area contributed by atoms with E-state index in [0.717, 1.165) is 0 Å². The van der Waals surface area contributed by atoms with E-state index < -0.39 is 0 Å². The first-order valence-corrected chi connectivity index (χ1v) is 11.1. The number of methoxy groups -OCH3 is 1. The molecule has 3 rings (SSSR count). The van der Waals surface area contributed by atoms with Gasteiger partial charge >= 0.3 is 0 Å². The van der Waals surface area contributed by atoms with Crippen LogP contribution < -0.4 is 20.9 Å². The average molecular weight is 453 g/mol. The minimum absolute atomic E-state index is 0.0794. The number of hydrogen-bond donors (Lipinski definition) is 3. The molecule has 9 heteroatoms. The van der Waals surface area contributed by atoms with Crippen molar-refractivity contribution in [2.24, 2.45) is 0 Å². The second kappa shape index (κ2) is 10.6. The third kappa shape index (κ3) is 5.76. The summed E-state index contributed by atoms with van der Waals surface area (Å²) in [6.07, 6.45) is 2.15. The number of aromatic nitrogens is 2. The Morgan fingerprint density at radius 2 is 1.91 bits per heavy atom. The van der Waals surface area contributed by atoms with Crippen LogP contribution in [0.1, 0.15) is 28.0 Å². The highest BCUT2D eigenvalue weighted by Gasteiger charge is 2.15. The van der Waals surface area contributed by atoms with Crippen molar-refractivity contribution in [3.63, 3.8) is 0 Å². The summed E-state index contributed by atoms with van der Waals surface area (Å²) >= 11 is 1.35. The fraction of sp³-hybridized carbons (Fsp3) is 0.217. The largest absolute Gasteiger partial charge is 0.497 e. The van der Waals surface area contributed by atoms with Crippen molar-refractivity contribution >= 4 is 35.0 Å². The quantitative estimate of drug-likeness (QED) is 0.355. The number of aryl methyl sites for hydroxylation is 1. The minimum atomic E-state index is -0.363. The molecule has 8 nitrogen and oxygen atoms in total. The van der Waals surface area contributed by atoms with Gasteiger partial charge in [-0.2, -0.15) is 0 Å². The molecule has 0 fully saturated rings. The van der Waals surface area contributed by atoms with E-state index in [1.165, 1.54) is 11.8 Å². The molecule has 0 saturated heterocycles. The van der Waals surface area contributed by atoms with E-state index in [1.54, 1.807) is 62.6 Å². The zero-order valence-corrected chi connectivity index (χ0v) is 18.8. The molecule has 0 spiro atoms. The Hall–Kier alpha value is -3.59. The normalized spacial score (nSPS) is 10.5. The zero-order chi connectivity index (χ0) is 23.1. The summed E-state index contributed by atoms with van der Waals surface area (Å²) in [5.74, 6) is -0.0487. The Morgan fingerprint density at radius 1 is 1.12 bits per heavy atom. The summed E-state index contributed by atoms with van der Waals surface area (Å²) in [4.78, 5) is 44.6. The summed E-state index contributed by atoms with van der Waals surface area (Å²) in [6.45, 7) is 1.75. The number of nitrogens with one attached hydrogen (secondary N) is 3. The number of hydrogen-bond acceptors (Lipinski definition) is 6. The standard InChI is InChI=1S/C23H24N4O4S/c1-14-17(21(29)27-23(24-14)32-3)11-12-20(28)26-19-10-5-4-9-18(19)22(30)25-15-7-6-8-16(13-15)31-2/h4-10,13H,11-12H2,1-3H3,(H,25,30)(H,26,28)(H,24,27,29). The fourth-order valence-electron chi connectivity index (χ4n) is 3.12. The monoisotopic (exact) mass is 452 g/mol. The van der Waals surface area contributed by atoms with Gasteiger partial charge in [0.1, 0.15) is 5.75 Å². The maximum atomic E-state index is 12.8. The predicted molar refractivity (Wildman–Crippen MR) is 126 cm³/mol. The molecule has 0 unspecified atom stereocenters. The van der Waals surface area contributed by atoms with Gasteiger partial charge in [-0.05, 0) is 43.9 Å². The number of aromatic amines is 1. The lowest BCUT2D eigenvalue weighted by molar-refractivity contribution is -0.116. The van der Waals surface area contributed by atoms with Crippen molar-refractivity contribution in [3.05, 3.63) is 75.7 Å². The molecule has 1 heterocycles. The van der Waals surface area contributed by atoms with Gasteiger partial charge in [-0.25, -0.2) is 4.98 Å². The summed E-state index contributed by atoms with van der Waals surface area (Å²) in [5, 5.41) is 6.11. The molecule has 0 saturated carbocycles.